The number of amides is 1. The van der Waals surface area contributed by atoms with Gasteiger partial charge < -0.3 is 4.90 Å². The van der Waals surface area contributed by atoms with Crippen molar-refractivity contribution in [2.45, 2.75) is 6.92 Å². The first kappa shape index (κ1) is 17.7. The number of halogens is 1. The molecule has 0 bridgehead atoms. The Kier molecular flexibility index (Phi) is 4.89. The zero-order valence-electron chi connectivity index (χ0n) is 14.8. The maximum absolute atomic E-state index is 13.7. The molecule has 0 aliphatic carbocycles. The first-order valence-corrected chi connectivity index (χ1v) is 9.80. The Morgan fingerprint density at radius 1 is 1.15 bits per heavy atom. The topological polar surface area (TPSA) is 63.9 Å². The number of thioether (sulfide) groups is 1. The number of carbonyl (C=O) groups is 1. The molecular formula is C19H18FN5OS. The monoisotopic (exact) mass is 383 g/mol. The number of carbonyl (C=O) groups excluding carboxylic acids is 1. The van der Waals surface area contributed by atoms with Crippen molar-refractivity contribution in [3.8, 4) is 16.9 Å². The lowest BCUT2D eigenvalue weighted by Gasteiger charge is -2.25. The smallest absolute Gasteiger partial charge is 0.276 e. The van der Waals surface area contributed by atoms with Crippen LogP contribution in [-0.4, -0.2) is 55.4 Å². The molecule has 0 unspecified atom stereocenters. The Morgan fingerprint density at radius 2 is 1.89 bits per heavy atom. The number of benzene rings is 1. The summed E-state index contributed by atoms with van der Waals surface area (Å²) in [7, 11) is 0. The van der Waals surface area contributed by atoms with Gasteiger partial charge in [0.1, 0.15) is 11.5 Å². The molecular weight excluding hydrogens is 365 g/mol. The van der Waals surface area contributed by atoms with Crippen LogP contribution in [0, 0.1) is 12.7 Å². The molecule has 6 nitrogen and oxygen atoms in total. The highest BCUT2D eigenvalue weighted by molar-refractivity contribution is 7.99. The molecule has 1 amide bonds. The highest BCUT2D eigenvalue weighted by Crippen LogP contribution is 2.27. The van der Waals surface area contributed by atoms with E-state index in [0.717, 1.165) is 17.1 Å². The van der Waals surface area contributed by atoms with Gasteiger partial charge in [-0.25, -0.2) is 9.07 Å². The van der Waals surface area contributed by atoms with Gasteiger partial charge in [-0.05, 0) is 42.8 Å². The van der Waals surface area contributed by atoms with E-state index in [1.54, 1.807) is 36.1 Å². The minimum absolute atomic E-state index is 0.132. The number of aromatic nitrogens is 4. The molecule has 1 aliphatic heterocycles. The molecule has 4 rings (SSSR count). The van der Waals surface area contributed by atoms with Crippen LogP contribution in [0.2, 0.25) is 0 Å². The summed E-state index contributed by atoms with van der Waals surface area (Å²) in [6.45, 7) is 3.09. The van der Waals surface area contributed by atoms with Crippen LogP contribution in [0.4, 0.5) is 4.39 Å². The van der Waals surface area contributed by atoms with Crippen LogP contribution in [0.1, 0.15) is 16.1 Å². The van der Waals surface area contributed by atoms with Gasteiger partial charge in [0.15, 0.2) is 5.69 Å². The molecule has 0 N–H and O–H groups in total. The number of pyridine rings is 1. The molecule has 0 atom stereocenters. The summed E-state index contributed by atoms with van der Waals surface area (Å²) in [5, 5.41) is 8.42. The van der Waals surface area contributed by atoms with E-state index in [1.807, 2.05) is 28.8 Å². The fourth-order valence-electron chi connectivity index (χ4n) is 3.05. The fraction of sp³-hybridized carbons (Fsp3) is 0.263. The van der Waals surface area contributed by atoms with E-state index in [1.165, 1.54) is 6.07 Å². The Labute approximate surface area is 160 Å². The Morgan fingerprint density at radius 3 is 2.59 bits per heavy atom. The normalized spacial score (nSPS) is 14.4. The van der Waals surface area contributed by atoms with Crippen LogP contribution in [0.5, 0.6) is 0 Å². The third kappa shape index (κ3) is 3.44. The maximum Gasteiger partial charge on any atom is 0.276 e. The first-order valence-electron chi connectivity index (χ1n) is 8.65. The lowest BCUT2D eigenvalue weighted by atomic mass is 10.1. The van der Waals surface area contributed by atoms with Crippen LogP contribution in [-0.2, 0) is 0 Å². The zero-order valence-corrected chi connectivity index (χ0v) is 15.6. The van der Waals surface area contributed by atoms with Crippen molar-refractivity contribution in [3.05, 3.63) is 59.8 Å². The Balaban J connectivity index is 1.84. The molecule has 2 aromatic heterocycles. The van der Waals surface area contributed by atoms with Crippen LogP contribution in [0.3, 0.4) is 0 Å². The van der Waals surface area contributed by atoms with Crippen molar-refractivity contribution in [1.82, 2.24) is 24.9 Å². The summed E-state index contributed by atoms with van der Waals surface area (Å²) in [6, 6.07) is 8.35. The molecule has 1 aliphatic rings. The second-order valence-electron chi connectivity index (χ2n) is 6.27. The first-order chi connectivity index (χ1) is 13.1. The summed E-state index contributed by atoms with van der Waals surface area (Å²) >= 11 is 1.84. The molecule has 0 spiro atoms. The highest BCUT2D eigenvalue weighted by atomic mass is 32.2. The van der Waals surface area contributed by atoms with E-state index in [-0.39, 0.29) is 11.7 Å². The number of aryl methyl sites for hydroxylation is 1. The summed E-state index contributed by atoms with van der Waals surface area (Å²) in [5.74, 6) is 1.42. The van der Waals surface area contributed by atoms with E-state index in [4.69, 9.17) is 0 Å². The van der Waals surface area contributed by atoms with Gasteiger partial charge in [0, 0.05) is 42.6 Å². The van der Waals surface area contributed by atoms with E-state index < -0.39 is 0 Å². The highest BCUT2D eigenvalue weighted by Gasteiger charge is 2.27. The fourth-order valence-corrected chi connectivity index (χ4v) is 3.96. The van der Waals surface area contributed by atoms with Gasteiger partial charge in [-0.15, -0.1) is 5.10 Å². The van der Waals surface area contributed by atoms with Crippen molar-refractivity contribution in [1.29, 1.82) is 0 Å². The van der Waals surface area contributed by atoms with E-state index in [0.29, 0.717) is 35.7 Å². The summed E-state index contributed by atoms with van der Waals surface area (Å²) in [5.41, 5.74) is 2.83. The summed E-state index contributed by atoms with van der Waals surface area (Å²) in [6.07, 6.45) is 3.32. The summed E-state index contributed by atoms with van der Waals surface area (Å²) in [4.78, 5) is 18.9. The van der Waals surface area contributed by atoms with Crippen molar-refractivity contribution in [2.75, 3.05) is 24.6 Å². The lowest BCUT2D eigenvalue weighted by molar-refractivity contribution is 0.0767. The van der Waals surface area contributed by atoms with Gasteiger partial charge in [0.2, 0.25) is 0 Å². The minimum Gasteiger partial charge on any atom is -0.336 e. The summed E-state index contributed by atoms with van der Waals surface area (Å²) < 4.78 is 15.3. The molecule has 27 heavy (non-hydrogen) atoms. The van der Waals surface area contributed by atoms with Gasteiger partial charge in [-0.3, -0.25) is 9.78 Å². The number of hydrogen-bond donors (Lipinski definition) is 0. The lowest BCUT2D eigenvalue weighted by Crippen LogP contribution is -2.38. The zero-order chi connectivity index (χ0) is 18.8. The number of rotatable bonds is 3. The quantitative estimate of drug-likeness (QED) is 0.696. The van der Waals surface area contributed by atoms with Gasteiger partial charge in [-0.1, -0.05) is 5.21 Å². The number of hydrogen-bond acceptors (Lipinski definition) is 5. The van der Waals surface area contributed by atoms with Crippen LogP contribution < -0.4 is 0 Å². The van der Waals surface area contributed by atoms with E-state index in [9.17, 15) is 9.18 Å². The van der Waals surface area contributed by atoms with Gasteiger partial charge >= 0.3 is 0 Å². The second-order valence-corrected chi connectivity index (χ2v) is 7.50. The third-order valence-electron chi connectivity index (χ3n) is 4.51. The predicted octanol–water partition coefficient (Wildman–Crippen LogP) is 2.97. The molecule has 3 aromatic rings. The Bertz CT molecular complexity index is 969. The van der Waals surface area contributed by atoms with Crippen LogP contribution in [0.15, 0.2) is 42.7 Å². The van der Waals surface area contributed by atoms with Crippen molar-refractivity contribution < 1.29 is 9.18 Å². The minimum atomic E-state index is -0.286. The average molecular weight is 383 g/mol. The maximum atomic E-state index is 13.7. The standard InChI is InChI=1S/C19H18FN5OS/c1-13-12-15(2-3-16(13)20)25-18(14-4-6-21-7-5-14)17(22-23-25)19(26)24-8-10-27-11-9-24/h2-7,12H,8-11H2,1H3. The molecule has 3 heterocycles. The molecule has 1 aromatic carbocycles. The predicted molar refractivity (Wildman–Crippen MR) is 103 cm³/mol. The van der Waals surface area contributed by atoms with Crippen LogP contribution >= 0.6 is 11.8 Å². The van der Waals surface area contributed by atoms with Crippen molar-refractivity contribution in [3.63, 3.8) is 0 Å². The molecule has 8 heteroatoms. The molecule has 1 saturated heterocycles. The number of nitrogens with zero attached hydrogens (tertiary/aromatic N) is 5. The van der Waals surface area contributed by atoms with Crippen molar-refractivity contribution in [2.24, 2.45) is 0 Å². The Hall–Kier alpha value is -2.74. The van der Waals surface area contributed by atoms with Gasteiger partial charge in [0.05, 0.1) is 5.69 Å². The molecule has 0 saturated carbocycles. The molecule has 0 radical (unpaired) electrons. The van der Waals surface area contributed by atoms with Crippen molar-refractivity contribution >= 4 is 17.7 Å². The van der Waals surface area contributed by atoms with Crippen LogP contribution in [0.25, 0.3) is 16.9 Å². The second kappa shape index (κ2) is 7.48. The SMILES string of the molecule is Cc1cc(-n2nnc(C(=O)N3CCSCC3)c2-c2ccncc2)ccc1F. The largest absolute Gasteiger partial charge is 0.336 e. The molecule has 138 valence electrons. The van der Waals surface area contributed by atoms with Gasteiger partial charge in [-0.2, -0.15) is 11.8 Å². The van der Waals surface area contributed by atoms with Gasteiger partial charge in [0.25, 0.3) is 5.91 Å². The average Bonchev–Trinajstić information content (AvgIpc) is 3.16. The van der Waals surface area contributed by atoms with E-state index >= 15 is 0 Å². The molecule has 1 fully saturated rings. The third-order valence-corrected chi connectivity index (χ3v) is 5.45. The van der Waals surface area contributed by atoms with E-state index in [2.05, 4.69) is 15.3 Å².